The molecule has 24 heavy (non-hydrogen) atoms. The van der Waals surface area contributed by atoms with E-state index >= 15 is 0 Å². The number of amides is 1. The van der Waals surface area contributed by atoms with Gasteiger partial charge in [-0.1, -0.05) is 32.0 Å². The normalized spacial score (nSPS) is 36.5. The zero-order valence-corrected chi connectivity index (χ0v) is 15.4. The molecule has 0 spiro atoms. The van der Waals surface area contributed by atoms with Crippen molar-refractivity contribution in [1.82, 2.24) is 4.90 Å². The number of hydrogen-bond donors (Lipinski definition) is 0. The molecule has 2 bridgehead atoms. The molecule has 1 amide bonds. The quantitative estimate of drug-likeness (QED) is 0.741. The monoisotopic (exact) mass is 325 g/mol. The third-order valence-electron chi connectivity index (χ3n) is 7.44. The smallest absolute Gasteiger partial charge is 0.254 e. The van der Waals surface area contributed by atoms with E-state index in [1.54, 1.807) is 0 Å². The van der Waals surface area contributed by atoms with E-state index < -0.39 is 0 Å². The van der Waals surface area contributed by atoms with E-state index in [4.69, 9.17) is 0 Å². The molecule has 130 valence electrons. The fraction of sp³-hybridized carbons (Fsp3) is 0.682. The summed E-state index contributed by atoms with van der Waals surface area (Å²) in [5.74, 6) is 2.93. The molecule has 2 aliphatic carbocycles. The molecule has 3 atom stereocenters. The van der Waals surface area contributed by atoms with Gasteiger partial charge < -0.3 is 4.90 Å². The predicted molar refractivity (Wildman–Crippen MR) is 97.7 cm³/mol. The predicted octanol–water partition coefficient (Wildman–Crippen LogP) is 5.27. The molecule has 3 unspecified atom stereocenters. The Morgan fingerprint density at radius 2 is 1.83 bits per heavy atom. The van der Waals surface area contributed by atoms with E-state index in [0.717, 1.165) is 29.9 Å². The highest BCUT2D eigenvalue weighted by atomic mass is 16.2. The molecule has 1 heterocycles. The lowest BCUT2D eigenvalue weighted by Gasteiger charge is -2.53. The van der Waals surface area contributed by atoms with E-state index in [1.165, 1.54) is 44.1 Å². The first-order valence-corrected chi connectivity index (χ1v) is 9.91. The van der Waals surface area contributed by atoms with Crippen molar-refractivity contribution in [3.8, 4) is 0 Å². The Balaban J connectivity index is 1.59. The lowest BCUT2D eigenvalue weighted by Crippen LogP contribution is -2.51. The van der Waals surface area contributed by atoms with E-state index in [1.807, 2.05) is 12.1 Å². The van der Waals surface area contributed by atoms with Gasteiger partial charge in [0, 0.05) is 18.2 Å². The number of carbonyl (C=O) groups is 1. The van der Waals surface area contributed by atoms with Crippen LogP contribution in [0.15, 0.2) is 24.3 Å². The van der Waals surface area contributed by atoms with Crippen LogP contribution in [0, 0.1) is 23.2 Å². The summed E-state index contributed by atoms with van der Waals surface area (Å²) < 4.78 is 0. The van der Waals surface area contributed by atoms with Crippen molar-refractivity contribution in [1.29, 1.82) is 0 Å². The maximum absolute atomic E-state index is 13.0. The van der Waals surface area contributed by atoms with Crippen molar-refractivity contribution < 1.29 is 4.79 Å². The molecule has 0 saturated heterocycles. The zero-order chi connectivity index (χ0) is 16.9. The fourth-order valence-electron chi connectivity index (χ4n) is 6.31. The van der Waals surface area contributed by atoms with Crippen molar-refractivity contribution in [3.05, 3.63) is 35.4 Å². The molecule has 4 rings (SSSR count). The number of hydrogen-bond acceptors (Lipinski definition) is 1. The van der Waals surface area contributed by atoms with E-state index in [-0.39, 0.29) is 5.91 Å². The van der Waals surface area contributed by atoms with Gasteiger partial charge in [-0.15, -0.1) is 0 Å². The number of carbonyl (C=O) groups excluding carboxylic acids is 1. The molecule has 0 aromatic heterocycles. The SMILES string of the molecule is CCC1(C(C)N2Cc3ccccc3C2=O)CC2CC(C)CC(C2)C1. The molecule has 0 radical (unpaired) electrons. The third kappa shape index (κ3) is 2.50. The second-order valence-corrected chi connectivity index (χ2v) is 8.93. The summed E-state index contributed by atoms with van der Waals surface area (Å²) in [6.07, 6.45) is 8.10. The Labute approximate surface area is 146 Å². The van der Waals surface area contributed by atoms with Crippen LogP contribution >= 0.6 is 0 Å². The summed E-state index contributed by atoms with van der Waals surface area (Å²) in [6.45, 7) is 7.93. The van der Waals surface area contributed by atoms with Gasteiger partial charge in [0.15, 0.2) is 0 Å². The fourth-order valence-corrected chi connectivity index (χ4v) is 6.31. The van der Waals surface area contributed by atoms with E-state index in [0.29, 0.717) is 11.5 Å². The number of rotatable bonds is 3. The third-order valence-corrected chi connectivity index (χ3v) is 7.44. The summed E-state index contributed by atoms with van der Waals surface area (Å²) in [4.78, 5) is 15.1. The Morgan fingerprint density at radius 1 is 1.17 bits per heavy atom. The summed E-state index contributed by atoms with van der Waals surface area (Å²) in [5.41, 5.74) is 2.47. The summed E-state index contributed by atoms with van der Waals surface area (Å²) in [5, 5.41) is 0. The minimum atomic E-state index is 0.259. The van der Waals surface area contributed by atoms with Gasteiger partial charge in [0.2, 0.25) is 0 Å². The highest BCUT2D eigenvalue weighted by molar-refractivity contribution is 5.98. The molecular weight excluding hydrogens is 294 g/mol. The molecule has 1 aliphatic heterocycles. The zero-order valence-electron chi connectivity index (χ0n) is 15.4. The van der Waals surface area contributed by atoms with Gasteiger partial charge in [-0.2, -0.15) is 0 Å². The van der Waals surface area contributed by atoms with Crippen molar-refractivity contribution in [2.75, 3.05) is 0 Å². The second-order valence-electron chi connectivity index (χ2n) is 8.93. The van der Waals surface area contributed by atoms with Crippen molar-refractivity contribution in [2.24, 2.45) is 23.2 Å². The Morgan fingerprint density at radius 3 is 2.46 bits per heavy atom. The molecule has 2 nitrogen and oxygen atoms in total. The van der Waals surface area contributed by atoms with Gasteiger partial charge in [-0.05, 0) is 80.2 Å². The number of benzene rings is 1. The first-order valence-electron chi connectivity index (χ1n) is 9.91. The largest absolute Gasteiger partial charge is 0.331 e. The average Bonchev–Trinajstić information content (AvgIpc) is 2.90. The number of fused-ring (bicyclic) bond motifs is 3. The molecule has 2 saturated carbocycles. The lowest BCUT2D eigenvalue weighted by atomic mass is 9.56. The summed E-state index contributed by atoms with van der Waals surface area (Å²) >= 11 is 0. The standard InChI is InChI=1S/C22H31NO/c1-4-22(12-17-9-15(2)10-18(11-17)13-22)16(3)23-14-19-7-5-6-8-20(19)21(23)24/h5-8,15-18H,4,9-14H2,1-3H3. The van der Waals surface area contributed by atoms with E-state index in [2.05, 4.69) is 37.8 Å². The highest BCUT2D eigenvalue weighted by Gasteiger charge is 2.48. The van der Waals surface area contributed by atoms with Crippen LogP contribution in [0.25, 0.3) is 0 Å². The molecule has 0 N–H and O–H groups in total. The molecule has 2 heteroatoms. The first kappa shape index (κ1) is 16.2. The average molecular weight is 325 g/mol. The van der Waals surface area contributed by atoms with Gasteiger partial charge >= 0.3 is 0 Å². The van der Waals surface area contributed by atoms with Gasteiger partial charge in [0.1, 0.15) is 0 Å². The maximum atomic E-state index is 13.0. The lowest BCUT2D eigenvalue weighted by molar-refractivity contribution is -0.0245. The minimum Gasteiger partial charge on any atom is -0.331 e. The van der Waals surface area contributed by atoms with Crippen molar-refractivity contribution in [3.63, 3.8) is 0 Å². The van der Waals surface area contributed by atoms with Gasteiger partial charge in [-0.3, -0.25) is 4.79 Å². The van der Waals surface area contributed by atoms with Crippen LogP contribution in [-0.2, 0) is 6.54 Å². The van der Waals surface area contributed by atoms with Crippen LogP contribution in [0.2, 0.25) is 0 Å². The van der Waals surface area contributed by atoms with Gasteiger partial charge in [-0.25, -0.2) is 0 Å². The van der Waals surface area contributed by atoms with Crippen LogP contribution in [0.4, 0.5) is 0 Å². The molecule has 1 aromatic carbocycles. The number of nitrogens with zero attached hydrogens (tertiary/aromatic N) is 1. The Bertz CT molecular complexity index is 619. The van der Waals surface area contributed by atoms with Gasteiger partial charge in [0.05, 0.1) is 0 Å². The topological polar surface area (TPSA) is 20.3 Å². The van der Waals surface area contributed by atoms with Gasteiger partial charge in [0.25, 0.3) is 5.91 Å². The summed E-state index contributed by atoms with van der Waals surface area (Å²) in [6, 6.07) is 8.52. The Kier molecular flexibility index (Phi) is 3.97. The van der Waals surface area contributed by atoms with Crippen molar-refractivity contribution >= 4 is 5.91 Å². The maximum Gasteiger partial charge on any atom is 0.254 e. The van der Waals surface area contributed by atoms with Crippen LogP contribution in [0.1, 0.15) is 75.2 Å². The van der Waals surface area contributed by atoms with E-state index in [9.17, 15) is 4.79 Å². The second kappa shape index (κ2) is 5.89. The van der Waals surface area contributed by atoms with Crippen LogP contribution in [0.3, 0.4) is 0 Å². The minimum absolute atomic E-state index is 0.259. The molecule has 1 aromatic rings. The summed E-state index contributed by atoms with van der Waals surface area (Å²) in [7, 11) is 0. The molecule has 2 fully saturated rings. The van der Waals surface area contributed by atoms with Crippen LogP contribution < -0.4 is 0 Å². The molecule has 3 aliphatic rings. The first-order chi connectivity index (χ1) is 11.5. The highest BCUT2D eigenvalue weighted by Crippen LogP contribution is 2.54. The Hall–Kier alpha value is -1.31. The van der Waals surface area contributed by atoms with Crippen molar-refractivity contribution in [2.45, 2.75) is 71.9 Å². The van der Waals surface area contributed by atoms with Crippen LogP contribution in [-0.4, -0.2) is 16.8 Å². The van der Waals surface area contributed by atoms with Crippen LogP contribution in [0.5, 0.6) is 0 Å². The molecular formula is C22H31NO.